The fraction of sp³-hybridized carbons (Fsp3) is 0.259. The van der Waals surface area contributed by atoms with Gasteiger partial charge in [-0.1, -0.05) is 54.6 Å². The molecule has 5 rings (SSSR count). The van der Waals surface area contributed by atoms with Crippen molar-refractivity contribution in [3.8, 4) is 5.75 Å². The number of ether oxygens (including phenoxy) is 2. The highest BCUT2D eigenvalue weighted by Gasteiger charge is 2.59. The first-order chi connectivity index (χ1) is 15.4. The molecule has 0 aliphatic carbocycles. The van der Waals surface area contributed by atoms with Crippen molar-refractivity contribution in [2.45, 2.75) is 31.9 Å². The van der Waals surface area contributed by atoms with Gasteiger partial charge in [-0.05, 0) is 43.9 Å². The first-order valence-corrected chi connectivity index (χ1v) is 10.8. The Morgan fingerprint density at radius 1 is 1.19 bits per heavy atom. The minimum Gasteiger partial charge on any atom is -0.461 e. The summed E-state index contributed by atoms with van der Waals surface area (Å²) in [6.07, 6.45) is 3.10. The summed E-state index contributed by atoms with van der Waals surface area (Å²) in [5, 5.41) is 2.19. The van der Waals surface area contributed by atoms with E-state index in [1.54, 1.807) is 0 Å². The second-order valence-corrected chi connectivity index (χ2v) is 8.86. The Morgan fingerprint density at radius 2 is 2.00 bits per heavy atom. The van der Waals surface area contributed by atoms with Crippen LogP contribution in [-0.4, -0.2) is 31.1 Å². The summed E-state index contributed by atoms with van der Waals surface area (Å²) >= 11 is 0. The minimum absolute atomic E-state index is 0.220. The van der Waals surface area contributed by atoms with Gasteiger partial charge in [0.1, 0.15) is 18.0 Å². The number of nitrogens with zero attached hydrogens (tertiary/aromatic N) is 2. The maximum Gasteiger partial charge on any atom is 0.330 e. The molecule has 32 heavy (non-hydrogen) atoms. The van der Waals surface area contributed by atoms with Crippen LogP contribution in [0.25, 0.3) is 10.8 Å². The number of esters is 1. The molecule has 1 unspecified atom stereocenters. The standard InChI is InChI=1S/C27H26N2O3/c1-5-24(30)31-15-14-29-22-12-10-18(2)16-21(22)26(3,4)27(29)17-28-25-20-9-7-6-8-19(20)11-13-23(25)32-27/h5-13,16-17H,1,14-15H2,2-4H3. The van der Waals surface area contributed by atoms with E-state index in [4.69, 9.17) is 14.5 Å². The summed E-state index contributed by atoms with van der Waals surface area (Å²) in [5.41, 5.74) is 3.03. The van der Waals surface area contributed by atoms with Gasteiger partial charge in [0, 0.05) is 17.1 Å². The van der Waals surface area contributed by atoms with Gasteiger partial charge in [-0.2, -0.15) is 0 Å². The summed E-state index contributed by atoms with van der Waals surface area (Å²) in [6, 6.07) is 18.7. The fourth-order valence-corrected chi connectivity index (χ4v) is 4.89. The third-order valence-corrected chi connectivity index (χ3v) is 6.64. The molecule has 3 aromatic rings. The van der Waals surface area contributed by atoms with Crippen LogP contribution < -0.4 is 9.64 Å². The van der Waals surface area contributed by atoms with Crippen LogP contribution in [0, 0.1) is 6.92 Å². The molecule has 5 nitrogen and oxygen atoms in total. The predicted octanol–water partition coefficient (Wildman–Crippen LogP) is 5.47. The zero-order valence-corrected chi connectivity index (χ0v) is 18.6. The van der Waals surface area contributed by atoms with Crippen LogP contribution in [0.4, 0.5) is 11.4 Å². The molecular weight excluding hydrogens is 400 g/mol. The van der Waals surface area contributed by atoms with E-state index in [0.29, 0.717) is 6.54 Å². The largest absolute Gasteiger partial charge is 0.461 e. The van der Waals surface area contributed by atoms with Crippen molar-refractivity contribution in [1.29, 1.82) is 0 Å². The number of anilines is 1. The lowest BCUT2D eigenvalue weighted by atomic mass is 9.77. The number of aliphatic imine (C=N–C) groups is 1. The van der Waals surface area contributed by atoms with E-state index in [0.717, 1.165) is 27.9 Å². The Kier molecular flexibility index (Phi) is 4.59. The predicted molar refractivity (Wildman–Crippen MR) is 128 cm³/mol. The second-order valence-electron chi connectivity index (χ2n) is 8.86. The van der Waals surface area contributed by atoms with Gasteiger partial charge in [-0.25, -0.2) is 4.79 Å². The van der Waals surface area contributed by atoms with Gasteiger partial charge < -0.3 is 14.4 Å². The van der Waals surface area contributed by atoms with Crippen molar-refractivity contribution >= 4 is 34.3 Å². The van der Waals surface area contributed by atoms with Crippen molar-refractivity contribution in [3.63, 3.8) is 0 Å². The van der Waals surface area contributed by atoms with E-state index < -0.39 is 17.1 Å². The summed E-state index contributed by atoms with van der Waals surface area (Å²) < 4.78 is 12.2. The van der Waals surface area contributed by atoms with Gasteiger partial charge in [0.15, 0.2) is 0 Å². The van der Waals surface area contributed by atoms with Gasteiger partial charge >= 0.3 is 5.97 Å². The molecule has 0 aromatic heterocycles. The smallest absolute Gasteiger partial charge is 0.330 e. The molecule has 0 fully saturated rings. The van der Waals surface area contributed by atoms with Crippen molar-refractivity contribution in [3.05, 3.63) is 78.4 Å². The van der Waals surface area contributed by atoms with E-state index in [9.17, 15) is 4.79 Å². The zero-order chi connectivity index (χ0) is 22.5. The number of aryl methyl sites for hydroxylation is 1. The second kappa shape index (κ2) is 7.23. The average molecular weight is 427 g/mol. The highest BCUT2D eigenvalue weighted by molar-refractivity contribution is 5.99. The van der Waals surface area contributed by atoms with Crippen LogP contribution in [-0.2, 0) is 14.9 Å². The number of hydrogen-bond acceptors (Lipinski definition) is 5. The van der Waals surface area contributed by atoms with Crippen molar-refractivity contribution in [1.82, 2.24) is 0 Å². The molecule has 0 amide bonds. The lowest BCUT2D eigenvalue weighted by Crippen LogP contribution is -2.62. The highest BCUT2D eigenvalue weighted by atomic mass is 16.5. The summed E-state index contributed by atoms with van der Waals surface area (Å²) in [4.78, 5) is 18.8. The topological polar surface area (TPSA) is 51.1 Å². The molecule has 2 aliphatic rings. The third kappa shape index (κ3) is 2.84. The molecule has 3 aromatic carbocycles. The van der Waals surface area contributed by atoms with Crippen LogP contribution in [0.3, 0.4) is 0 Å². The van der Waals surface area contributed by atoms with Crippen LogP contribution in [0.2, 0.25) is 0 Å². The molecule has 5 heteroatoms. The van der Waals surface area contributed by atoms with Crippen molar-refractivity contribution < 1.29 is 14.3 Å². The number of carbonyl (C=O) groups is 1. The van der Waals surface area contributed by atoms with Crippen LogP contribution in [0.1, 0.15) is 25.0 Å². The SMILES string of the molecule is C=CC(=O)OCCN1c2ccc(C)cc2C(C)(C)C12C=Nc1c(ccc3ccccc13)O2. The molecule has 1 spiro atoms. The number of rotatable bonds is 4. The summed E-state index contributed by atoms with van der Waals surface area (Å²) in [6.45, 7) is 10.6. The lowest BCUT2D eigenvalue weighted by molar-refractivity contribution is -0.137. The van der Waals surface area contributed by atoms with E-state index in [1.165, 1.54) is 17.2 Å². The highest BCUT2D eigenvalue weighted by Crippen LogP contribution is 2.54. The van der Waals surface area contributed by atoms with E-state index in [2.05, 4.69) is 68.6 Å². The molecule has 0 saturated heterocycles. The Hall–Kier alpha value is -3.60. The van der Waals surface area contributed by atoms with Crippen LogP contribution >= 0.6 is 0 Å². The molecule has 1 atom stereocenters. The van der Waals surface area contributed by atoms with E-state index in [1.807, 2.05) is 24.4 Å². The number of hydrogen-bond donors (Lipinski definition) is 0. The van der Waals surface area contributed by atoms with Crippen molar-refractivity contribution in [2.75, 3.05) is 18.1 Å². The molecule has 0 saturated carbocycles. The monoisotopic (exact) mass is 426 g/mol. The Balaban J connectivity index is 1.62. The number of benzene rings is 3. The third-order valence-electron chi connectivity index (χ3n) is 6.64. The average Bonchev–Trinajstić information content (AvgIpc) is 2.97. The van der Waals surface area contributed by atoms with Crippen molar-refractivity contribution in [2.24, 2.45) is 4.99 Å². The van der Waals surface area contributed by atoms with Gasteiger partial charge in [0.2, 0.25) is 5.72 Å². The minimum atomic E-state index is -0.848. The first-order valence-electron chi connectivity index (χ1n) is 10.8. The number of fused-ring (bicyclic) bond motifs is 4. The van der Waals surface area contributed by atoms with Crippen LogP contribution in [0.15, 0.2) is 72.2 Å². The fourth-order valence-electron chi connectivity index (χ4n) is 4.89. The van der Waals surface area contributed by atoms with Crippen LogP contribution in [0.5, 0.6) is 5.75 Å². The normalized spacial score (nSPS) is 20.0. The summed E-state index contributed by atoms with van der Waals surface area (Å²) in [5.74, 6) is 0.313. The van der Waals surface area contributed by atoms with E-state index >= 15 is 0 Å². The summed E-state index contributed by atoms with van der Waals surface area (Å²) in [7, 11) is 0. The lowest BCUT2D eigenvalue weighted by Gasteiger charge is -2.46. The molecule has 2 heterocycles. The first kappa shape index (κ1) is 20.3. The quantitative estimate of drug-likeness (QED) is 0.410. The zero-order valence-electron chi connectivity index (χ0n) is 18.6. The molecule has 2 aliphatic heterocycles. The van der Waals surface area contributed by atoms with Gasteiger partial charge in [-0.15, -0.1) is 0 Å². The maximum absolute atomic E-state index is 11.6. The van der Waals surface area contributed by atoms with Gasteiger partial charge in [0.05, 0.1) is 18.2 Å². The molecule has 162 valence electrons. The van der Waals surface area contributed by atoms with E-state index in [-0.39, 0.29) is 6.61 Å². The number of carbonyl (C=O) groups excluding carboxylic acids is 1. The molecular formula is C27H26N2O3. The van der Waals surface area contributed by atoms with Gasteiger partial charge in [-0.3, -0.25) is 4.99 Å². The molecule has 0 bridgehead atoms. The maximum atomic E-state index is 11.6. The Bertz CT molecular complexity index is 1280. The molecule has 0 radical (unpaired) electrons. The Morgan fingerprint density at radius 3 is 2.81 bits per heavy atom. The van der Waals surface area contributed by atoms with Gasteiger partial charge in [0.25, 0.3) is 0 Å². The Labute approximate surface area is 188 Å². The molecule has 0 N–H and O–H groups in total.